The lowest BCUT2D eigenvalue weighted by atomic mass is 10.0. The van der Waals surface area contributed by atoms with Crippen LogP contribution in [-0.4, -0.2) is 4.98 Å². The molecule has 0 aliphatic carbocycles. The molecule has 1 aromatic carbocycles. The minimum Gasteiger partial charge on any atom is -0.383 e. The summed E-state index contributed by atoms with van der Waals surface area (Å²) in [4.78, 5) is 4.05. The average Bonchev–Trinajstić information content (AvgIpc) is 2.30. The molecule has 76 valence electrons. The summed E-state index contributed by atoms with van der Waals surface area (Å²) >= 11 is 0. The van der Waals surface area contributed by atoms with Gasteiger partial charge in [-0.15, -0.1) is 0 Å². The molecular formula is C12H13N3. The van der Waals surface area contributed by atoms with Crippen molar-refractivity contribution in [3.63, 3.8) is 0 Å². The molecule has 1 aromatic heterocycles. The zero-order valence-corrected chi connectivity index (χ0v) is 8.35. The summed E-state index contributed by atoms with van der Waals surface area (Å²) in [6, 6.07) is 11.9. The molecule has 4 N–H and O–H groups in total. The standard InChI is InChI=1S/C12H13N3/c13-8-9-3-5-10(6-4-9)11-2-1-7-15-12(11)14/h1-7H,8,13H2,(H2,14,15). The third-order valence-electron chi connectivity index (χ3n) is 2.34. The van der Waals surface area contributed by atoms with Crippen molar-refractivity contribution in [2.24, 2.45) is 5.73 Å². The van der Waals surface area contributed by atoms with Gasteiger partial charge in [-0.2, -0.15) is 0 Å². The van der Waals surface area contributed by atoms with Crippen molar-refractivity contribution in [3.8, 4) is 11.1 Å². The van der Waals surface area contributed by atoms with E-state index in [4.69, 9.17) is 11.5 Å². The monoisotopic (exact) mass is 199 g/mol. The smallest absolute Gasteiger partial charge is 0.131 e. The highest BCUT2D eigenvalue weighted by atomic mass is 14.8. The van der Waals surface area contributed by atoms with E-state index < -0.39 is 0 Å². The van der Waals surface area contributed by atoms with Crippen molar-refractivity contribution >= 4 is 5.82 Å². The van der Waals surface area contributed by atoms with Crippen LogP contribution in [0, 0.1) is 0 Å². The first-order valence-corrected chi connectivity index (χ1v) is 4.81. The molecule has 0 spiro atoms. The van der Waals surface area contributed by atoms with Gasteiger partial charge in [0.2, 0.25) is 0 Å². The first-order chi connectivity index (χ1) is 7.31. The van der Waals surface area contributed by atoms with Gasteiger partial charge in [0.1, 0.15) is 5.82 Å². The molecular weight excluding hydrogens is 186 g/mol. The molecule has 0 saturated heterocycles. The fraction of sp³-hybridized carbons (Fsp3) is 0.0833. The van der Waals surface area contributed by atoms with Gasteiger partial charge in [-0.3, -0.25) is 0 Å². The molecule has 0 aliphatic rings. The number of benzene rings is 1. The number of nitrogen functional groups attached to an aromatic ring is 1. The van der Waals surface area contributed by atoms with Crippen LogP contribution in [0.1, 0.15) is 5.56 Å². The Kier molecular flexibility index (Phi) is 2.65. The summed E-state index contributed by atoms with van der Waals surface area (Å²) in [5, 5.41) is 0. The van der Waals surface area contributed by atoms with Crippen molar-refractivity contribution in [2.75, 3.05) is 5.73 Å². The van der Waals surface area contributed by atoms with Gasteiger partial charge in [-0.05, 0) is 23.3 Å². The Hall–Kier alpha value is -1.87. The van der Waals surface area contributed by atoms with Crippen LogP contribution < -0.4 is 11.5 Å². The van der Waals surface area contributed by atoms with E-state index in [-0.39, 0.29) is 0 Å². The minimum absolute atomic E-state index is 0.554. The molecule has 0 bridgehead atoms. The van der Waals surface area contributed by atoms with E-state index in [1.807, 2.05) is 36.4 Å². The summed E-state index contributed by atoms with van der Waals surface area (Å²) in [6.45, 7) is 0.558. The lowest BCUT2D eigenvalue weighted by Crippen LogP contribution is -1.96. The Bertz CT molecular complexity index is 449. The van der Waals surface area contributed by atoms with Crippen LogP contribution in [0.3, 0.4) is 0 Å². The predicted molar refractivity (Wildman–Crippen MR) is 62.0 cm³/mol. The molecule has 0 atom stereocenters. The van der Waals surface area contributed by atoms with Gasteiger partial charge in [0.05, 0.1) is 0 Å². The van der Waals surface area contributed by atoms with Gasteiger partial charge < -0.3 is 11.5 Å². The maximum Gasteiger partial charge on any atom is 0.131 e. The fourth-order valence-corrected chi connectivity index (χ4v) is 1.48. The van der Waals surface area contributed by atoms with E-state index in [1.165, 1.54) is 0 Å². The Balaban J connectivity index is 2.42. The van der Waals surface area contributed by atoms with Gasteiger partial charge in [0.15, 0.2) is 0 Å². The molecule has 0 fully saturated rings. The summed E-state index contributed by atoms with van der Waals surface area (Å²) in [6.07, 6.45) is 1.69. The number of hydrogen-bond acceptors (Lipinski definition) is 3. The molecule has 0 aliphatic heterocycles. The highest BCUT2D eigenvalue weighted by Crippen LogP contribution is 2.23. The zero-order valence-electron chi connectivity index (χ0n) is 8.35. The zero-order chi connectivity index (χ0) is 10.7. The van der Waals surface area contributed by atoms with E-state index in [2.05, 4.69) is 4.98 Å². The third kappa shape index (κ3) is 1.97. The first-order valence-electron chi connectivity index (χ1n) is 4.81. The van der Waals surface area contributed by atoms with Gasteiger partial charge in [0.25, 0.3) is 0 Å². The van der Waals surface area contributed by atoms with Crippen LogP contribution >= 0.6 is 0 Å². The van der Waals surface area contributed by atoms with E-state index in [0.29, 0.717) is 12.4 Å². The molecule has 0 amide bonds. The van der Waals surface area contributed by atoms with Crippen molar-refractivity contribution in [1.29, 1.82) is 0 Å². The Morgan fingerprint density at radius 2 is 1.80 bits per heavy atom. The van der Waals surface area contributed by atoms with Crippen LogP contribution in [-0.2, 0) is 6.54 Å². The molecule has 2 rings (SSSR count). The summed E-state index contributed by atoms with van der Waals surface area (Å²) in [7, 11) is 0. The minimum atomic E-state index is 0.554. The van der Waals surface area contributed by atoms with Crippen molar-refractivity contribution in [2.45, 2.75) is 6.54 Å². The van der Waals surface area contributed by atoms with Crippen LogP contribution in [0.2, 0.25) is 0 Å². The summed E-state index contributed by atoms with van der Waals surface area (Å²) < 4.78 is 0. The fourth-order valence-electron chi connectivity index (χ4n) is 1.48. The van der Waals surface area contributed by atoms with Gasteiger partial charge >= 0.3 is 0 Å². The lowest BCUT2D eigenvalue weighted by Gasteiger charge is -2.05. The topological polar surface area (TPSA) is 64.9 Å². The van der Waals surface area contributed by atoms with Gasteiger partial charge in [0, 0.05) is 18.3 Å². The SMILES string of the molecule is NCc1ccc(-c2cccnc2N)cc1. The van der Waals surface area contributed by atoms with Crippen molar-refractivity contribution in [1.82, 2.24) is 4.98 Å². The molecule has 0 radical (unpaired) electrons. The van der Waals surface area contributed by atoms with Crippen molar-refractivity contribution < 1.29 is 0 Å². The normalized spacial score (nSPS) is 10.2. The van der Waals surface area contributed by atoms with Crippen LogP contribution in [0.25, 0.3) is 11.1 Å². The number of aromatic nitrogens is 1. The van der Waals surface area contributed by atoms with E-state index >= 15 is 0 Å². The maximum atomic E-state index is 5.79. The number of pyridine rings is 1. The maximum absolute atomic E-state index is 5.79. The Morgan fingerprint density at radius 1 is 1.07 bits per heavy atom. The highest BCUT2D eigenvalue weighted by Gasteiger charge is 2.01. The van der Waals surface area contributed by atoms with Crippen LogP contribution in [0.5, 0.6) is 0 Å². The quantitative estimate of drug-likeness (QED) is 0.775. The largest absolute Gasteiger partial charge is 0.383 e. The number of hydrogen-bond donors (Lipinski definition) is 2. The van der Waals surface area contributed by atoms with Crippen molar-refractivity contribution in [3.05, 3.63) is 48.2 Å². The third-order valence-corrected chi connectivity index (χ3v) is 2.34. The van der Waals surface area contributed by atoms with Crippen LogP contribution in [0.4, 0.5) is 5.82 Å². The number of rotatable bonds is 2. The molecule has 0 saturated carbocycles. The molecule has 3 heteroatoms. The number of anilines is 1. The van der Waals surface area contributed by atoms with Gasteiger partial charge in [-0.1, -0.05) is 24.3 Å². The first kappa shape index (κ1) is 9.68. The number of nitrogens with two attached hydrogens (primary N) is 2. The van der Waals surface area contributed by atoms with E-state index in [0.717, 1.165) is 16.7 Å². The summed E-state index contributed by atoms with van der Waals surface area (Å²) in [5.41, 5.74) is 14.5. The lowest BCUT2D eigenvalue weighted by molar-refractivity contribution is 1.07. The second kappa shape index (κ2) is 4.11. The summed E-state index contributed by atoms with van der Waals surface area (Å²) in [5.74, 6) is 0.554. The van der Waals surface area contributed by atoms with Gasteiger partial charge in [-0.25, -0.2) is 4.98 Å². The van der Waals surface area contributed by atoms with E-state index in [9.17, 15) is 0 Å². The highest BCUT2D eigenvalue weighted by molar-refractivity contribution is 5.73. The second-order valence-corrected chi connectivity index (χ2v) is 3.34. The molecule has 1 heterocycles. The second-order valence-electron chi connectivity index (χ2n) is 3.34. The van der Waals surface area contributed by atoms with E-state index in [1.54, 1.807) is 6.20 Å². The van der Waals surface area contributed by atoms with Crippen LogP contribution in [0.15, 0.2) is 42.6 Å². The molecule has 2 aromatic rings. The Labute approximate surface area is 88.8 Å². The number of nitrogens with zero attached hydrogens (tertiary/aromatic N) is 1. The molecule has 15 heavy (non-hydrogen) atoms. The molecule has 3 nitrogen and oxygen atoms in total. The average molecular weight is 199 g/mol. The Morgan fingerprint density at radius 3 is 2.40 bits per heavy atom. The molecule has 0 unspecified atom stereocenters. The predicted octanol–water partition coefficient (Wildman–Crippen LogP) is 1.79.